The minimum Gasteiger partial charge on any atom is -0.454 e. The molecule has 1 unspecified atom stereocenters. The molecule has 110 valence electrons. The van der Waals surface area contributed by atoms with Gasteiger partial charge in [-0.05, 0) is 43.6 Å². The summed E-state index contributed by atoms with van der Waals surface area (Å²) in [5, 5.41) is 13.3. The molecule has 0 aromatic heterocycles. The zero-order chi connectivity index (χ0) is 13.8. The first-order valence-corrected chi connectivity index (χ1v) is 7.31. The normalized spacial score (nSPS) is 19.4. The van der Waals surface area contributed by atoms with Gasteiger partial charge in [-0.2, -0.15) is 0 Å². The maximum absolute atomic E-state index is 9.99. The van der Waals surface area contributed by atoms with Crippen molar-refractivity contribution in [3.8, 4) is 11.5 Å². The summed E-state index contributed by atoms with van der Waals surface area (Å²) >= 11 is 0. The molecule has 2 heterocycles. The lowest BCUT2D eigenvalue weighted by molar-refractivity contribution is 0.123. The molecule has 1 aromatic carbocycles. The van der Waals surface area contributed by atoms with Crippen molar-refractivity contribution in [1.29, 1.82) is 0 Å². The average Bonchev–Trinajstić information content (AvgIpc) is 3.09. The predicted molar refractivity (Wildman–Crippen MR) is 76.0 cm³/mol. The van der Waals surface area contributed by atoms with E-state index in [4.69, 9.17) is 9.47 Å². The number of hydrogen-bond acceptors (Lipinski definition) is 5. The lowest BCUT2D eigenvalue weighted by Crippen LogP contribution is -2.36. The van der Waals surface area contributed by atoms with E-state index in [2.05, 4.69) is 10.2 Å². The van der Waals surface area contributed by atoms with Crippen molar-refractivity contribution in [1.82, 2.24) is 10.2 Å². The second kappa shape index (κ2) is 6.43. The zero-order valence-corrected chi connectivity index (χ0v) is 11.7. The smallest absolute Gasteiger partial charge is 0.231 e. The van der Waals surface area contributed by atoms with Crippen LogP contribution < -0.4 is 14.8 Å². The largest absolute Gasteiger partial charge is 0.454 e. The van der Waals surface area contributed by atoms with Crippen LogP contribution in [0.15, 0.2) is 18.2 Å². The summed E-state index contributed by atoms with van der Waals surface area (Å²) in [6, 6.07) is 5.94. The number of aliphatic hydroxyl groups is 1. The number of β-amino-alcohol motifs (C(OH)–C–C–N with tert-alkyl or cyclic N) is 1. The molecule has 0 amide bonds. The third kappa shape index (κ3) is 3.42. The van der Waals surface area contributed by atoms with E-state index in [9.17, 15) is 5.11 Å². The Balaban J connectivity index is 1.40. The molecular formula is C15H22N2O3. The van der Waals surface area contributed by atoms with Gasteiger partial charge in [0, 0.05) is 19.6 Å². The highest BCUT2D eigenvalue weighted by atomic mass is 16.7. The van der Waals surface area contributed by atoms with Crippen molar-refractivity contribution >= 4 is 0 Å². The molecule has 2 aliphatic heterocycles. The van der Waals surface area contributed by atoms with Crippen LogP contribution in [0.25, 0.3) is 0 Å². The lowest BCUT2D eigenvalue weighted by Gasteiger charge is -2.19. The highest BCUT2D eigenvalue weighted by Crippen LogP contribution is 2.32. The Bertz CT molecular complexity index is 447. The Labute approximate surface area is 119 Å². The van der Waals surface area contributed by atoms with Crippen molar-refractivity contribution in [3.05, 3.63) is 23.8 Å². The van der Waals surface area contributed by atoms with E-state index in [1.54, 1.807) is 0 Å². The van der Waals surface area contributed by atoms with Crippen LogP contribution in [0.2, 0.25) is 0 Å². The number of benzene rings is 1. The summed E-state index contributed by atoms with van der Waals surface area (Å²) in [7, 11) is 0. The monoisotopic (exact) mass is 278 g/mol. The maximum Gasteiger partial charge on any atom is 0.231 e. The molecule has 20 heavy (non-hydrogen) atoms. The number of nitrogens with zero attached hydrogens (tertiary/aromatic N) is 1. The van der Waals surface area contributed by atoms with Gasteiger partial charge in [0.1, 0.15) is 0 Å². The van der Waals surface area contributed by atoms with Crippen LogP contribution in [0.5, 0.6) is 11.5 Å². The minimum absolute atomic E-state index is 0.304. The maximum atomic E-state index is 9.99. The first-order valence-electron chi connectivity index (χ1n) is 7.31. The van der Waals surface area contributed by atoms with Crippen LogP contribution in [-0.4, -0.2) is 49.1 Å². The molecule has 0 spiro atoms. The number of aliphatic hydroxyl groups excluding tert-OH is 1. The van der Waals surface area contributed by atoms with Crippen LogP contribution in [-0.2, 0) is 6.54 Å². The van der Waals surface area contributed by atoms with Crippen LogP contribution in [0, 0.1) is 0 Å². The topological polar surface area (TPSA) is 54.0 Å². The van der Waals surface area contributed by atoms with E-state index < -0.39 is 0 Å². The fraction of sp³-hybridized carbons (Fsp3) is 0.600. The van der Waals surface area contributed by atoms with Gasteiger partial charge in [0.2, 0.25) is 6.79 Å². The molecule has 5 nitrogen and oxygen atoms in total. The minimum atomic E-state index is -0.304. The summed E-state index contributed by atoms with van der Waals surface area (Å²) in [5.74, 6) is 1.62. The second-order valence-corrected chi connectivity index (χ2v) is 5.48. The molecule has 1 saturated heterocycles. The Morgan fingerprint density at radius 3 is 2.85 bits per heavy atom. The van der Waals surface area contributed by atoms with E-state index in [-0.39, 0.29) is 6.10 Å². The van der Waals surface area contributed by atoms with Crippen molar-refractivity contribution < 1.29 is 14.6 Å². The van der Waals surface area contributed by atoms with E-state index in [1.807, 2.05) is 18.2 Å². The van der Waals surface area contributed by atoms with E-state index >= 15 is 0 Å². The molecule has 0 bridgehead atoms. The quantitative estimate of drug-likeness (QED) is 0.812. The van der Waals surface area contributed by atoms with E-state index in [0.29, 0.717) is 13.3 Å². The number of likely N-dealkylation sites (tertiary alicyclic amines) is 1. The van der Waals surface area contributed by atoms with Gasteiger partial charge in [-0.3, -0.25) is 0 Å². The number of nitrogens with one attached hydrogen (secondary N) is 1. The summed E-state index contributed by atoms with van der Waals surface area (Å²) in [6.07, 6.45) is 2.22. The molecule has 3 rings (SSSR count). The number of ether oxygens (including phenoxy) is 2. The molecular weight excluding hydrogens is 256 g/mol. The molecule has 0 saturated carbocycles. The van der Waals surface area contributed by atoms with Gasteiger partial charge in [0.25, 0.3) is 0 Å². The summed E-state index contributed by atoms with van der Waals surface area (Å²) in [4.78, 5) is 2.33. The molecule has 1 aromatic rings. The fourth-order valence-corrected chi connectivity index (χ4v) is 2.76. The number of hydrogen-bond donors (Lipinski definition) is 2. The lowest BCUT2D eigenvalue weighted by atomic mass is 10.2. The third-order valence-corrected chi connectivity index (χ3v) is 3.81. The molecule has 2 aliphatic rings. The van der Waals surface area contributed by atoms with E-state index in [1.165, 1.54) is 12.8 Å². The van der Waals surface area contributed by atoms with Gasteiger partial charge in [0.15, 0.2) is 11.5 Å². The second-order valence-electron chi connectivity index (χ2n) is 5.48. The highest BCUT2D eigenvalue weighted by molar-refractivity contribution is 5.44. The van der Waals surface area contributed by atoms with Crippen LogP contribution in [0.4, 0.5) is 0 Å². The predicted octanol–water partition coefficient (Wildman–Crippen LogP) is 0.962. The SMILES string of the molecule is OC(CNCc1ccc2c(c1)OCO2)CN1CCCC1. The van der Waals surface area contributed by atoms with Crippen LogP contribution in [0.3, 0.4) is 0 Å². The van der Waals surface area contributed by atoms with Gasteiger partial charge < -0.3 is 24.8 Å². The van der Waals surface area contributed by atoms with Gasteiger partial charge in [-0.25, -0.2) is 0 Å². The summed E-state index contributed by atoms with van der Waals surface area (Å²) < 4.78 is 10.6. The summed E-state index contributed by atoms with van der Waals surface area (Å²) in [5.41, 5.74) is 1.14. The Hall–Kier alpha value is -1.30. The van der Waals surface area contributed by atoms with Crippen LogP contribution in [0.1, 0.15) is 18.4 Å². The molecule has 0 radical (unpaired) electrons. The van der Waals surface area contributed by atoms with Crippen molar-refractivity contribution in [2.24, 2.45) is 0 Å². The van der Waals surface area contributed by atoms with Gasteiger partial charge in [-0.1, -0.05) is 6.07 Å². The van der Waals surface area contributed by atoms with Crippen LogP contribution >= 0.6 is 0 Å². The van der Waals surface area contributed by atoms with E-state index in [0.717, 1.165) is 43.2 Å². The van der Waals surface area contributed by atoms with Crippen molar-refractivity contribution in [3.63, 3.8) is 0 Å². The molecule has 1 fully saturated rings. The average molecular weight is 278 g/mol. The Morgan fingerprint density at radius 2 is 2.00 bits per heavy atom. The molecule has 2 N–H and O–H groups in total. The standard InChI is InChI=1S/C15H22N2O3/c18-13(10-17-5-1-2-6-17)9-16-8-12-3-4-14-15(7-12)20-11-19-14/h3-4,7,13,16,18H,1-2,5-6,8-11H2. The number of rotatable bonds is 6. The fourth-order valence-electron chi connectivity index (χ4n) is 2.76. The highest BCUT2D eigenvalue weighted by Gasteiger charge is 2.16. The Kier molecular flexibility index (Phi) is 4.40. The van der Waals surface area contributed by atoms with Gasteiger partial charge in [-0.15, -0.1) is 0 Å². The van der Waals surface area contributed by atoms with Gasteiger partial charge >= 0.3 is 0 Å². The third-order valence-electron chi connectivity index (χ3n) is 3.81. The van der Waals surface area contributed by atoms with Crippen molar-refractivity contribution in [2.75, 3.05) is 33.0 Å². The van der Waals surface area contributed by atoms with Gasteiger partial charge in [0.05, 0.1) is 6.10 Å². The zero-order valence-electron chi connectivity index (χ0n) is 11.7. The first kappa shape index (κ1) is 13.7. The first-order chi connectivity index (χ1) is 9.81. The number of fused-ring (bicyclic) bond motifs is 1. The molecule has 5 heteroatoms. The van der Waals surface area contributed by atoms with Crippen molar-refractivity contribution in [2.45, 2.75) is 25.5 Å². The molecule has 0 aliphatic carbocycles. The Morgan fingerprint density at radius 1 is 1.20 bits per heavy atom. The summed E-state index contributed by atoms with van der Waals surface area (Å²) in [6.45, 7) is 4.67. The molecule has 1 atom stereocenters.